The second-order valence-electron chi connectivity index (χ2n) is 8.86. The van der Waals surface area contributed by atoms with Gasteiger partial charge in [0.1, 0.15) is 0 Å². The van der Waals surface area contributed by atoms with Crippen molar-refractivity contribution in [1.82, 2.24) is 0 Å². The van der Waals surface area contributed by atoms with Crippen molar-refractivity contribution < 1.29 is 40.6 Å². The number of carbonyl (C=O) groups is 1. The third-order valence-electron chi connectivity index (χ3n) is 6.28. The molecule has 0 radical (unpaired) electrons. The zero-order chi connectivity index (χ0) is 26.5. The summed E-state index contributed by atoms with van der Waals surface area (Å²) < 4.78 is 90.1. The van der Waals surface area contributed by atoms with Crippen molar-refractivity contribution >= 4 is 11.8 Å². The molecule has 2 aromatic carbocycles. The molecular formula is C25H28F6N2O3. The van der Waals surface area contributed by atoms with E-state index in [4.69, 9.17) is 15.2 Å². The summed E-state index contributed by atoms with van der Waals surface area (Å²) in [6.45, 7) is 2.36. The van der Waals surface area contributed by atoms with E-state index in [1.807, 2.05) is 30.3 Å². The standard InChI is InChI=1S/C25H28F6N2O3/c1-16(18-11-19(24(26,27)28)13-20(12-18)25(29,30)31)36-15-22-8-7-17(9-10-35-23(32)34)14-33(22)21-5-3-2-4-6-21/h2-6,11-13,16-17,22H,7-10,14-15H2,1H3,(H2,32,34)/t16?,17-,22+/m0/s1. The van der Waals surface area contributed by atoms with E-state index in [1.165, 1.54) is 6.92 Å². The van der Waals surface area contributed by atoms with Gasteiger partial charge in [0.2, 0.25) is 0 Å². The number of ether oxygens (including phenoxy) is 2. The third-order valence-corrected chi connectivity index (χ3v) is 6.28. The van der Waals surface area contributed by atoms with Gasteiger partial charge in [0, 0.05) is 12.2 Å². The minimum Gasteiger partial charge on any atom is -0.450 e. The average molecular weight is 518 g/mol. The van der Waals surface area contributed by atoms with Crippen LogP contribution in [-0.4, -0.2) is 31.9 Å². The molecule has 0 aliphatic carbocycles. The number of benzene rings is 2. The molecular weight excluding hydrogens is 490 g/mol. The predicted molar refractivity (Wildman–Crippen MR) is 121 cm³/mol. The smallest absolute Gasteiger partial charge is 0.416 e. The fraction of sp³-hybridized carbons (Fsp3) is 0.480. The number of para-hydroxylation sites is 1. The summed E-state index contributed by atoms with van der Waals surface area (Å²) in [5, 5.41) is 0. The Labute approximate surface area is 205 Å². The molecule has 1 saturated heterocycles. The van der Waals surface area contributed by atoms with E-state index in [9.17, 15) is 31.1 Å². The fourth-order valence-electron chi connectivity index (χ4n) is 4.34. The van der Waals surface area contributed by atoms with Gasteiger partial charge >= 0.3 is 18.4 Å². The van der Waals surface area contributed by atoms with Crippen LogP contribution in [0.15, 0.2) is 48.5 Å². The summed E-state index contributed by atoms with van der Waals surface area (Å²) in [6.07, 6.45) is -9.59. The number of nitrogens with two attached hydrogens (primary N) is 1. The number of hydrogen-bond donors (Lipinski definition) is 1. The normalized spacial score (nSPS) is 19.7. The van der Waals surface area contributed by atoms with Crippen LogP contribution in [0.4, 0.5) is 36.8 Å². The van der Waals surface area contributed by atoms with Crippen molar-refractivity contribution in [2.45, 2.75) is 50.7 Å². The average Bonchev–Trinajstić information content (AvgIpc) is 2.82. The highest BCUT2D eigenvalue weighted by atomic mass is 19.4. The van der Waals surface area contributed by atoms with Crippen LogP contribution in [0, 0.1) is 5.92 Å². The molecule has 5 nitrogen and oxygen atoms in total. The van der Waals surface area contributed by atoms with Crippen LogP contribution >= 0.6 is 0 Å². The molecule has 1 fully saturated rings. The molecule has 0 aromatic heterocycles. The first-order valence-electron chi connectivity index (χ1n) is 11.5. The topological polar surface area (TPSA) is 64.8 Å². The molecule has 1 aliphatic rings. The summed E-state index contributed by atoms with van der Waals surface area (Å²) in [5.74, 6) is 0.205. The van der Waals surface area contributed by atoms with Gasteiger partial charge in [-0.3, -0.25) is 0 Å². The van der Waals surface area contributed by atoms with Gasteiger partial charge in [0.15, 0.2) is 0 Å². The van der Waals surface area contributed by atoms with E-state index in [1.54, 1.807) is 0 Å². The molecule has 11 heteroatoms. The quantitative estimate of drug-likeness (QED) is 0.402. The predicted octanol–water partition coefficient (Wildman–Crippen LogP) is 6.57. The Bertz CT molecular complexity index is 981. The van der Waals surface area contributed by atoms with Crippen molar-refractivity contribution in [3.63, 3.8) is 0 Å². The Balaban J connectivity index is 1.74. The number of primary amides is 1. The Morgan fingerprint density at radius 3 is 2.19 bits per heavy atom. The van der Waals surface area contributed by atoms with E-state index in [2.05, 4.69) is 4.90 Å². The Morgan fingerprint density at radius 2 is 1.64 bits per heavy atom. The lowest BCUT2D eigenvalue weighted by molar-refractivity contribution is -0.143. The molecule has 1 unspecified atom stereocenters. The summed E-state index contributed by atoms with van der Waals surface area (Å²) in [6, 6.07) is 10.8. The molecule has 2 aromatic rings. The van der Waals surface area contributed by atoms with E-state index in [0.717, 1.165) is 12.1 Å². The van der Waals surface area contributed by atoms with Crippen LogP contribution < -0.4 is 10.6 Å². The zero-order valence-corrected chi connectivity index (χ0v) is 19.6. The summed E-state index contributed by atoms with van der Waals surface area (Å²) in [5.41, 5.74) is 3.00. The number of halogens is 6. The van der Waals surface area contributed by atoms with Crippen molar-refractivity contribution in [3.8, 4) is 0 Å². The number of alkyl halides is 6. The summed E-state index contributed by atoms with van der Waals surface area (Å²) in [4.78, 5) is 13.0. The Hall–Kier alpha value is -2.95. The van der Waals surface area contributed by atoms with Crippen molar-refractivity contribution in [2.75, 3.05) is 24.7 Å². The number of nitrogens with zero attached hydrogens (tertiary/aromatic N) is 1. The van der Waals surface area contributed by atoms with Gasteiger partial charge in [-0.2, -0.15) is 26.3 Å². The summed E-state index contributed by atoms with van der Waals surface area (Å²) >= 11 is 0. The van der Waals surface area contributed by atoms with Gasteiger partial charge < -0.3 is 20.1 Å². The molecule has 198 valence electrons. The molecule has 1 aliphatic heterocycles. The van der Waals surface area contributed by atoms with E-state index in [0.29, 0.717) is 31.5 Å². The minimum atomic E-state index is -4.92. The van der Waals surface area contributed by atoms with E-state index >= 15 is 0 Å². The lowest BCUT2D eigenvalue weighted by Gasteiger charge is -2.41. The van der Waals surface area contributed by atoms with Crippen LogP contribution in [-0.2, 0) is 21.8 Å². The van der Waals surface area contributed by atoms with Gasteiger partial charge in [0.25, 0.3) is 0 Å². The first-order valence-corrected chi connectivity index (χ1v) is 11.5. The zero-order valence-electron chi connectivity index (χ0n) is 19.6. The Morgan fingerprint density at radius 1 is 1.03 bits per heavy atom. The number of rotatable bonds is 8. The molecule has 36 heavy (non-hydrogen) atoms. The van der Waals surface area contributed by atoms with Crippen LogP contribution in [0.3, 0.4) is 0 Å². The molecule has 1 amide bonds. The number of hydrogen-bond acceptors (Lipinski definition) is 4. The highest BCUT2D eigenvalue weighted by Crippen LogP contribution is 2.38. The Kier molecular flexibility index (Phi) is 8.76. The molecule has 2 N–H and O–H groups in total. The maximum absolute atomic E-state index is 13.2. The van der Waals surface area contributed by atoms with Crippen molar-refractivity contribution in [3.05, 3.63) is 65.2 Å². The molecule has 3 atom stereocenters. The van der Waals surface area contributed by atoms with Crippen molar-refractivity contribution in [2.24, 2.45) is 11.7 Å². The molecule has 0 saturated carbocycles. The van der Waals surface area contributed by atoms with Crippen LogP contribution in [0.25, 0.3) is 0 Å². The minimum absolute atomic E-state index is 0.108. The summed E-state index contributed by atoms with van der Waals surface area (Å²) in [7, 11) is 0. The second kappa shape index (κ2) is 11.4. The SMILES string of the molecule is CC(OC[C@H]1CC[C@@H](CCOC(N)=O)CN1c1ccccc1)c1cc(C(F)(F)F)cc(C(F)(F)F)c1. The number of piperidine rings is 1. The maximum Gasteiger partial charge on any atom is 0.416 e. The van der Waals surface area contributed by atoms with Crippen molar-refractivity contribution in [1.29, 1.82) is 0 Å². The van der Waals surface area contributed by atoms with Crippen LogP contribution in [0.2, 0.25) is 0 Å². The lowest BCUT2D eigenvalue weighted by atomic mass is 9.90. The molecule has 0 bridgehead atoms. The van der Waals surface area contributed by atoms with Gasteiger partial charge in [-0.15, -0.1) is 0 Å². The maximum atomic E-state index is 13.2. The van der Waals surface area contributed by atoms with E-state index in [-0.39, 0.29) is 36.8 Å². The molecule has 3 rings (SSSR count). The van der Waals surface area contributed by atoms with Gasteiger partial charge in [0.05, 0.1) is 36.5 Å². The largest absolute Gasteiger partial charge is 0.450 e. The monoisotopic (exact) mass is 518 g/mol. The van der Waals surface area contributed by atoms with Crippen LogP contribution in [0.5, 0.6) is 0 Å². The lowest BCUT2D eigenvalue weighted by Crippen LogP contribution is -2.46. The second-order valence-corrected chi connectivity index (χ2v) is 8.86. The van der Waals surface area contributed by atoms with Gasteiger partial charge in [-0.25, -0.2) is 4.79 Å². The van der Waals surface area contributed by atoms with Gasteiger partial charge in [-0.1, -0.05) is 18.2 Å². The number of carbonyl (C=O) groups excluding carboxylic acids is 1. The van der Waals surface area contributed by atoms with E-state index < -0.39 is 35.7 Å². The third kappa shape index (κ3) is 7.52. The number of anilines is 1. The fourth-order valence-corrected chi connectivity index (χ4v) is 4.34. The number of amides is 1. The first-order chi connectivity index (χ1) is 16.8. The highest BCUT2D eigenvalue weighted by Gasteiger charge is 2.37. The first kappa shape index (κ1) is 27.6. The van der Waals surface area contributed by atoms with Gasteiger partial charge in [-0.05, 0) is 68.0 Å². The van der Waals surface area contributed by atoms with Crippen LogP contribution in [0.1, 0.15) is 49.0 Å². The molecule has 0 spiro atoms. The molecule has 1 heterocycles. The highest BCUT2D eigenvalue weighted by molar-refractivity contribution is 5.64.